The van der Waals surface area contributed by atoms with E-state index in [1.807, 2.05) is 38.1 Å². The van der Waals surface area contributed by atoms with Crippen molar-refractivity contribution in [3.63, 3.8) is 0 Å². The van der Waals surface area contributed by atoms with Gasteiger partial charge in [0.15, 0.2) is 5.78 Å². The van der Waals surface area contributed by atoms with Gasteiger partial charge in [0.25, 0.3) is 0 Å². The number of benzene rings is 2. The number of rotatable bonds is 11. The smallest absolute Gasteiger partial charge is 0.244 e. The number of aryl methyl sites for hydroxylation is 1. The summed E-state index contributed by atoms with van der Waals surface area (Å²) in [5.41, 5.74) is 2.42. The average molecular weight is 528 g/mol. The van der Waals surface area contributed by atoms with E-state index in [2.05, 4.69) is 5.32 Å². The molecule has 200 valence electrons. The quantitative estimate of drug-likeness (QED) is 0.448. The SMILES string of the molecule is CCC(C(=O)NC1CCCC1)N(Cc1ccccc1C)C(=O)CN(c1cccc(C(C)=O)c1)S(C)(=O)=O. The van der Waals surface area contributed by atoms with Gasteiger partial charge >= 0.3 is 0 Å². The minimum absolute atomic E-state index is 0.0961. The summed E-state index contributed by atoms with van der Waals surface area (Å²) in [4.78, 5) is 40.6. The highest BCUT2D eigenvalue weighted by Crippen LogP contribution is 2.23. The Balaban J connectivity index is 1.95. The summed E-state index contributed by atoms with van der Waals surface area (Å²) >= 11 is 0. The van der Waals surface area contributed by atoms with Crippen molar-refractivity contribution in [1.29, 1.82) is 0 Å². The van der Waals surface area contributed by atoms with Crippen molar-refractivity contribution in [2.45, 2.75) is 71.5 Å². The van der Waals surface area contributed by atoms with Gasteiger partial charge in [-0.05, 0) is 56.4 Å². The van der Waals surface area contributed by atoms with Crippen molar-refractivity contribution in [1.82, 2.24) is 10.2 Å². The third-order valence-corrected chi connectivity index (χ3v) is 8.05. The van der Waals surface area contributed by atoms with Crippen molar-refractivity contribution in [2.75, 3.05) is 17.1 Å². The summed E-state index contributed by atoms with van der Waals surface area (Å²) in [6.07, 6.45) is 5.38. The van der Waals surface area contributed by atoms with E-state index in [4.69, 9.17) is 0 Å². The zero-order valence-corrected chi connectivity index (χ0v) is 22.9. The first-order valence-corrected chi connectivity index (χ1v) is 14.6. The molecule has 0 bridgehead atoms. The molecule has 37 heavy (non-hydrogen) atoms. The van der Waals surface area contributed by atoms with Gasteiger partial charge in [-0.1, -0.05) is 56.2 Å². The zero-order chi connectivity index (χ0) is 27.2. The first-order valence-electron chi connectivity index (χ1n) is 12.7. The van der Waals surface area contributed by atoms with Gasteiger partial charge in [0.2, 0.25) is 21.8 Å². The molecule has 2 amide bonds. The van der Waals surface area contributed by atoms with Crippen LogP contribution in [0.5, 0.6) is 0 Å². The van der Waals surface area contributed by atoms with E-state index in [-0.39, 0.29) is 30.0 Å². The van der Waals surface area contributed by atoms with Crippen LogP contribution < -0.4 is 9.62 Å². The minimum atomic E-state index is -3.87. The molecular formula is C28H37N3O5S. The van der Waals surface area contributed by atoms with Gasteiger partial charge in [0, 0.05) is 18.2 Å². The van der Waals surface area contributed by atoms with Crippen molar-refractivity contribution in [3.05, 3.63) is 65.2 Å². The van der Waals surface area contributed by atoms with E-state index in [0.29, 0.717) is 12.0 Å². The number of nitrogens with one attached hydrogen (secondary N) is 1. The Morgan fingerprint density at radius 1 is 1.05 bits per heavy atom. The Kier molecular flexibility index (Phi) is 9.48. The van der Waals surface area contributed by atoms with Crippen LogP contribution in [0.1, 0.15) is 67.4 Å². The van der Waals surface area contributed by atoms with Gasteiger partial charge in [-0.25, -0.2) is 8.42 Å². The molecule has 2 aromatic rings. The molecule has 1 saturated carbocycles. The Bertz CT molecular complexity index is 1240. The number of hydrogen-bond acceptors (Lipinski definition) is 5. The van der Waals surface area contributed by atoms with Gasteiger partial charge in [-0.15, -0.1) is 0 Å². The summed E-state index contributed by atoms with van der Waals surface area (Å²) in [5.74, 6) is -0.923. The van der Waals surface area contributed by atoms with Gasteiger partial charge in [0.1, 0.15) is 12.6 Å². The van der Waals surface area contributed by atoms with Crippen LogP contribution in [0.25, 0.3) is 0 Å². The first-order chi connectivity index (χ1) is 17.5. The van der Waals surface area contributed by atoms with Gasteiger partial charge in [0.05, 0.1) is 11.9 Å². The van der Waals surface area contributed by atoms with E-state index in [1.165, 1.54) is 17.9 Å². The number of hydrogen-bond donors (Lipinski definition) is 1. The van der Waals surface area contributed by atoms with Crippen molar-refractivity contribution in [2.24, 2.45) is 0 Å². The molecular weight excluding hydrogens is 490 g/mol. The molecule has 0 heterocycles. The maximum absolute atomic E-state index is 13.8. The lowest BCUT2D eigenvalue weighted by Crippen LogP contribution is -2.53. The predicted molar refractivity (Wildman–Crippen MR) is 145 cm³/mol. The van der Waals surface area contributed by atoms with Crippen LogP contribution in [-0.4, -0.2) is 55.8 Å². The van der Waals surface area contributed by atoms with Crippen LogP contribution in [0, 0.1) is 6.92 Å². The molecule has 1 N–H and O–H groups in total. The Morgan fingerprint density at radius 3 is 2.32 bits per heavy atom. The molecule has 3 rings (SSSR count). The lowest BCUT2D eigenvalue weighted by atomic mass is 10.1. The zero-order valence-electron chi connectivity index (χ0n) is 22.1. The topological polar surface area (TPSA) is 104 Å². The van der Waals surface area contributed by atoms with Crippen molar-refractivity contribution >= 4 is 33.3 Å². The monoisotopic (exact) mass is 527 g/mol. The molecule has 0 aliphatic heterocycles. The number of sulfonamides is 1. The van der Waals surface area contributed by atoms with Crippen molar-refractivity contribution < 1.29 is 22.8 Å². The molecule has 0 spiro atoms. The number of carbonyl (C=O) groups is 3. The molecule has 1 aliphatic rings. The molecule has 0 saturated heterocycles. The van der Waals surface area contributed by atoms with Crippen LogP contribution in [-0.2, 0) is 26.2 Å². The van der Waals surface area contributed by atoms with Crippen LogP contribution in [0.3, 0.4) is 0 Å². The first kappa shape index (κ1) is 28.4. The number of anilines is 1. The number of nitrogens with zero attached hydrogens (tertiary/aromatic N) is 2. The Morgan fingerprint density at radius 2 is 1.73 bits per heavy atom. The minimum Gasteiger partial charge on any atom is -0.352 e. The highest BCUT2D eigenvalue weighted by Gasteiger charge is 2.33. The summed E-state index contributed by atoms with van der Waals surface area (Å²) in [5, 5.41) is 3.10. The highest BCUT2D eigenvalue weighted by atomic mass is 32.2. The average Bonchev–Trinajstić information content (AvgIpc) is 3.35. The fourth-order valence-corrected chi connectivity index (χ4v) is 5.59. The van der Waals surface area contributed by atoms with E-state index in [0.717, 1.165) is 47.4 Å². The second-order valence-electron chi connectivity index (χ2n) is 9.74. The van der Waals surface area contributed by atoms with E-state index >= 15 is 0 Å². The maximum Gasteiger partial charge on any atom is 0.244 e. The van der Waals surface area contributed by atoms with Crippen LogP contribution in [0.4, 0.5) is 5.69 Å². The van der Waals surface area contributed by atoms with E-state index < -0.39 is 28.5 Å². The third-order valence-electron chi connectivity index (χ3n) is 6.91. The third kappa shape index (κ3) is 7.41. The van der Waals surface area contributed by atoms with E-state index in [1.54, 1.807) is 18.2 Å². The summed E-state index contributed by atoms with van der Waals surface area (Å²) < 4.78 is 26.6. The fourth-order valence-electron chi connectivity index (χ4n) is 4.75. The molecule has 1 atom stereocenters. The number of Topliss-reactive ketones (excluding diaryl/α,β-unsaturated/α-hetero) is 1. The maximum atomic E-state index is 13.8. The summed E-state index contributed by atoms with van der Waals surface area (Å²) in [6.45, 7) is 4.87. The molecule has 0 aromatic heterocycles. The lowest BCUT2D eigenvalue weighted by molar-refractivity contribution is -0.140. The van der Waals surface area contributed by atoms with Crippen molar-refractivity contribution in [3.8, 4) is 0 Å². The second kappa shape index (κ2) is 12.4. The lowest BCUT2D eigenvalue weighted by Gasteiger charge is -2.33. The molecule has 9 heteroatoms. The van der Waals surface area contributed by atoms with Gasteiger partial charge < -0.3 is 10.2 Å². The summed E-state index contributed by atoms with van der Waals surface area (Å²) in [6, 6.07) is 13.2. The van der Waals surface area contributed by atoms with Crippen LogP contribution in [0.2, 0.25) is 0 Å². The fraction of sp³-hybridized carbons (Fsp3) is 0.464. The molecule has 1 unspecified atom stereocenters. The molecule has 8 nitrogen and oxygen atoms in total. The number of ketones is 1. The molecule has 1 fully saturated rings. The highest BCUT2D eigenvalue weighted by molar-refractivity contribution is 7.92. The van der Waals surface area contributed by atoms with Crippen LogP contribution >= 0.6 is 0 Å². The normalized spacial score (nSPS) is 14.7. The van der Waals surface area contributed by atoms with Gasteiger partial charge in [-0.2, -0.15) is 0 Å². The standard InChI is InChI=1S/C28H37N3O5S/c1-5-26(28(34)29-24-14-8-9-15-24)30(18-23-12-7-6-11-20(23)2)27(33)19-31(37(4,35)36)25-16-10-13-22(17-25)21(3)32/h6-7,10-13,16-17,24,26H,5,8-9,14-15,18-19H2,1-4H3,(H,29,34). The number of carbonyl (C=O) groups excluding carboxylic acids is 3. The molecule has 1 aliphatic carbocycles. The second-order valence-corrected chi connectivity index (χ2v) is 11.6. The number of amides is 2. The molecule has 2 aromatic carbocycles. The largest absolute Gasteiger partial charge is 0.352 e. The Hall–Kier alpha value is -3.20. The Labute approximate surface area is 220 Å². The predicted octanol–water partition coefficient (Wildman–Crippen LogP) is 3.83. The summed E-state index contributed by atoms with van der Waals surface area (Å²) in [7, 11) is -3.87. The van der Waals surface area contributed by atoms with E-state index in [9.17, 15) is 22.8 Å². The molecule has 0 radical (unpaired) electrons. The van der Waals surface area contributed by atoms with Gasteiger partial charge in [-0.3, -0.25) is 18.7 Å². The van der Waals surface area contributed by atoms with Crippen LogP contribution in [0.15, 0.2) is 48.5 Å².